The summed E-state index contributed by atoms with van der Waals surface area (Å²) in [6, 6.07) is 1.06. The number of hydrogen-bond acceptors (Lipinski definition) is 1. The standard InChI is InChI=1S/C7H14N2/c1-5(2)8-7-6(3)9(7)4/h5-6H,1-4H3. The number of hydrogen-bond donors (Lipinski definition) is 0. The van der Waals surface area contributed by atoms with Gasteiger partial charge in [0, 0.05) is 13.1 Å². The molecule has 9 heavy (non-hydrogen) atoms. The molecule has 1 fully saturated rings. The lowest BCUT2D eigenvalue weighted by atomic mass is 10.4. The molecule has 0 saturated carbocycles. The van der Waals surface area contributed by atoms with Gasteiger partial charge in [-0.1, -0.05) is 0 Å². The van der Waals surface area contributed by atoms with Crippen LogP contribution in [0, 0.1) is 0 Å². The molecule has 0 radical (unpaired) electrons. The van der Waals surface area contributed by atoms with Gasteiger partial charge in [0.1, 0.15) is 5.84 Å². The van der Waals surface area contributed by atoms with E-state index < -0.39 is 0 Å². The minimum absolute atomic E-state index is 0.451. The first-order chi connectivity index (χ1) is 4.13. The summed E-state index contributed by atoms with van der Waals surface area (Å²) in [4.78, 5) is 6.57. The largest absolute Gasteiger partial charge is 0.352 e. The summed E-state index contributed by atoms with van der Waals surface area (Å²) in [5.74, 6) is 1.25. The summed E-state index contributed by atoms with van der Waals surface area (Å²) in [5, 5.41) is 0. The second kappa shape index (κ2) is 2.01. The van der Waals surface area contributed by atoms with Gasteiger partial charge in [0.05, 0.1) is 6.04 Å². The highest BCUT2D eigenvalue weighted by Gasteiger charge is 2.34. The highest BCUT2D eigenvalue weighted by Crippen LogP contribution is 2.17. The molecule has 0 aliphatic carbocycles. The lowest BCUT2D eigenvalue weighted by Gasteiger charge is -1.90. The average Bonchev–Trinajstić information content (AvgIpc) is 2.22. The molecule has 1 unspecified atom stereocenters. The Morgan fingerprint density at radius 3 is 2.11 bits per heavy atom. The zero-order valence-corrected chi connectivity index (χ0v) is 6.55. The van der Waals surface area contributed by atoms with E-state index in [4.69, 9.17) is 0 Å². The maximum absolute atomic E-state index is 4.39. The number of likely N-dealkylation sites (N-methyl/N-ethyl adjacent to an activating group) is 1. The Kier molecular flexibility index (Phi) is 1.47. The molecule has 1 atom stereocenters. The fourth-order valence-electron chi connectivity index (χ4n) is 0.869. The van der Waals surface area contributed by atoms with Crippen LogP contribution in [0.4, 0.5) is 0 Å². The molecule has 0 aromatic heterocycles. The van der Waals surface area contributed by atoms with E-state index in [0.29, 0.717) is 12.1 Å². The summed E-state index contributed by atoms with van der Waals surface area (Å²) in [5.41, 5.74) is 0. The topological polar surface area (TPSA) is 15.4 Å². The molecule has 1 rings (SSSR count). The second-order valence-electron chi connectivity index (χ2n) is 2.87. The van der Waals surface area contributed by atoms with Crippen LogP contribution >= 0.6 is 0 Å². The molecule has 1 heterocycles. The van der Waals surface area contributed by atoms with Gasteiger partial charge in [-0.15, -0.1) is 0 Å². The Bertz CT molecular complexity index is 128. The van der Waals surface area contributed by atoms with Crippen molar-refractivity contribution in [1.82, 2.24) is 4.90 Å². The van der Waals surface area contributed by atoms with E-state index in [1.807, 2.05) is 0 Å². The smallest absolute Gasteiger partial charge is 0.122 e. The van der Waals surface area contributed by atoms with Gasteiger partial charge in [0.2, 0.25) is 0 Å². The fourth-order valence-corrected chi connectivity index (χ4v) is 0.869. The van der Waals surface area contributed by atoms with Crippen molar-refractivity contribution in [3.05, 3.63) is 0 Å². The van der Waals surface area contributed by atoms with Crippen molar-refractivity contribution in [2.75, 3.05) is 7.05 Å². The van der Waals surface area contributed by atoms with Gasteiger partial charge in [-0.3, -0.25) is 4.99 Å². The third-order valence-electron chi connectivity index (χ3n) is 1.64. The van der Waals surface area contributed by atoms with Crippen molar-refractivity contribution in [2.45, 2.75) is 32.9 Å². The van der Waals surface area contributed by atoms with Crippen LogP contribution in [-0.2, 0) is 0 Å². The minimum atomic E-state index is 0.451. The Balaban J connectivity index is 2.47. The van der Waals surface area contributed by atoms with Crippen LogP contribution < -0.4 is 0 Å². The molecule has 52 valence electrons. The van der Waals surface area contributed by atoms with Gasteiger partial charge in [0.25, 0.3) is 0 Å². The highest BCUT2D eigenvalue weighted by molar-refractivity contribution is 6.00. The fraction of sp³-hybridized carbons (Fsp3) is 0.857. The number of nitrogens with zero attached hydrogens (tertiary/aromatic N) is 2. The normalized spacial score (nSPS) is 30.1. The number of amidine groups is 1. The van der Waals surface area contributed by atoms with Crippen molar-refractivity contribution >= 4 is 5.84 Å². The maximum Gasteiger partial charge on any atom is 0.122 e. The molecule has 2 nitrogen and oxygen atoms in total. The van der Waals surface area contributed by atoms with Gasteiger partial charge in [-0.2, -0.15) is 0 Å². The van der Waals surface area contributed by atoms with Crippen LogP contribution in [0.1, 0.15) is 20.8 Å². The molecule has 1 aliphatic heterocycles. The first-order valence-electron chi connectivity index (χ1n) is 3.43. The zero-order chi connectivity index (χ0) is 7.02. The average molecular weight is 126 g/mol. The molecule has 1 aliphatic rings. The second-order valence-corrected chi connectivity index (χ2v) is 2.87. The Hall–Kier alpha value is -0.530. The summed E-state index contributed by atoms with van der Waals surface area (Å²) < 4.78 is 0. The quantitative estimate of drug-likeness (QED) is 0.481. The van der Waals surface area contributed by atoms with Crippen molar-refractivity contribution in [1.29, 1.82) is 0 Å². The molecular formula is C7H14N2. The molecular weight excluding hydrogens is 112 g/mol. The number of rotatable bonds is 1. The van der Waals surface area contributed by atoms with E-state index in [9.17, 15) is 0 Å². The van der Waals surface area contributed by atoms with Gasteiger partial charge in [-0.05, 0) is 20.8 Å². The Morgan fingerprint density at radius 1 is 1.56 bits per heavy atom. The van der Waals surface area contributed by atoms with Crippen LogP contribution in [0.3, 0.4) is 0 Å². The van der Waals surface area contributed by atoms with E-state index >= 15 is 0 Å². The summed E-state index contributed by atoms with van der Waals surface area (Å²) >= 11 is 0. The van der Waals surface area contributed by atoms with Crippen molar-refractivity contribution in [2.24, 2.45) is 4.99 Å². The molecule has 1 saturated heterocycles. The lowest BCUT2D eigenvalue weighted by Crippen LogP contribution is -1.92. The lowest BCUT2D eigenvalue weighted by molar-refractivity contribution is 0.665. The molecule has 0 aromatic rings. The van der Waals surface area contributed by atoms with E-state index in [2.05, 4.69) is 37.7 Å². The van der Waals surface area contributed by atoms with Crippen LogP contribution in [-0.4, -0.2) is 29.9 Å². The van der Waals surface area contributed by atoms with Crippen molar-refractivity contribution < 1.29 is 0 Å². The Labute approximate surface area is 56.6 Å². The van der Waals surface area contributed by atoms with Crippen molar-refractivity contribution in [3.63, 3.8) is 0 Å². The molecule has 0 spiro atoms. The van der Waals surface area contributed by atoms with Crippen LogP contribution in [0.5, 0.6) is 0 Å². The summed E-state index contributed by atoms with van der Waals surface area (Å²) in [7, 11) is 2.08. The zero-order valence-electron chi connectivity index (χ0n) is 6.55. The summed E-state index contributed by atoms with van der Waals surface area (Å²) in [6.07, 6.45) is 0. The highest BCUT2D eigenvalue weighted by atomic mass is 15.3. The summed E-state index contributed by atoms with van der Waals surface area (Å²) in [6.45, 7) is 6.37. The van der Waals surface area contributed by atoms with E-state index in [-0.39, 0.29) is 0 Å². The Morgan fingerprint density at radius 2 is 2.00 bits per heavy atom. The third kappa shape index (κ3) is 1.23. The molecule has 0 amide bonds. The predicted octanol–water partition coefficient (Wildman–Crippen LogP) is 1.13. The van der Waals surface area contributed by atoms with Gasteiger partial charge in [-0.25, -0.2) is 0 Å². The SMILES string of the molecule is CC(C)N=C1C(C)N1C. The van der Waals surface area contributed by atoms with Crippen LogP contribution in [0.25, 0.3) is 0 Å². The van der Waals surface area contributed by atoms with Gasteiger partial charge < -0.3 is 4.90 Å². The monoisotopic (exact) mass is 126 g/mol. The molecule has 2 heteroatoms. The first kappa shape index (κ1) is 6.59. The van der Waals surface area contributed by atoms with Gasteiger partial charge >= 0.3 is 0 Å². The van der Waals surface area contributed by atoms with E-state index in [1.165, 1.54) is 5.84 Å². The van der Waals surface area contributed by atoms with Crippen molar-refractivity contribution in [3.8, 4) is 0 Å². The maximum atomic E-state index is 4.39. The molecule has 0 N–H and O–H groups in total. The van der Waals surface area contributed by atoms with E-state index in [0.717, 1.165) is 0 Å². The predicted molar refractivity (Wildman–Crippen MR) is 39.8 cm³/mol. The molecule has 0 aromatic carbocycles. The van der Waals surface area contributed by atoms with Gasteiger partial charge in [0.15, 0.2) is 0 Å². The van der Waals surface area contributed by atoms with Crippen LogP contribution in [0.2, 0.25) is 0 Å². The van der Waals surface area contributed by atoms with E-state index in [1.54, 1.807) is 0 Å². The first-order valence-corrected chi connectivity index (χ1v) is 3.43. The minimum Gasteiger partial charge on any atom is -0.352 e. The third-order valence-corrected chi connectivity index (χ3v) is 1.64. The molecule has 0 bridgehead atoms. The number of aliphatic imine (C=N–C) groups is 1. The van der Waals surface area contributed by atoms with Crippen LogP contribution in [0.15, 0.2) is 4.99 Å².